The van der Waals surface area contributed by atoms with Crippen molar-refractivity contribution in [3.63, 3.8) is 0 Å². The molecule has 0 bridgehead atoms. The number of aromatic hydroxyl groups is 4. The standard InChI is InChI=1S/C38H32O5/c1-19-9-15-25-22(17-19)5-4-8-24(25)20-10-12-21(13-11-20)30-26-6-2-3-7-27(26)31(28-16-14-23-18-29(23)32(28)30)33-34(39)36(41)38(43)37(42)35(33)40/h2,4-6,8-16,19,27,31,39-43H,3,7,17-18H2,1H3/p-1. The van der Waals surface area contributed by atoms with E-state index in [9.17, 15) is 25.5 Å². The van der Waals surface area contributed by atoms with E-state index in [2.05, 4.69) is 79.8 Å². The van der Waals surface area contributed by atoms with Crippen LogP contribution in [0, 0.1) is 11.8 Å². The Kier molecular flexibility index (Phi) is 5.58. The van der Waals surface area contributed by atoms with Crippen LogP contribution in [0.25, 0.3) is 22.8 Å². The van der Waals surface area contributed by atoms with Gasteiger partial charge in [0.25, 0.3) is 0 Å². The Labute approximate surface area is 250 Å². The van der Waals surface area contributed by atoms with Crippen LogP contribution < -0.4 is 5.11 Å². The Morgan fingerprint density at radius 3 is 2.37 bits per heavy atom. The van der Waals surface area contributed by atoms with Crippen LogP contribution >= 0.6 is 0 Å². The molecule has 3 unspecified atom stereocenters. The molecule has 0 amide bonds. The summed E-state index contributed by atoms with van der Waals surface area (Å²) in [5.74, 6) is -4.55. The van der Waals surface area contributed by atoms with Crippen LogP contribution in [0.5, 0.6) is 28.7 Å². The predicted octanol–water partition coefficient (Wildman–Crippen LogP) is 7.27. The first-order valence-corrected chi connectivity index (χ1v) is 15.0. The molecule has 4 aliphatic rings. The van der Waals surface area contributed by atoms with Crippen LogP contribution in [0.4, 0.5) is 0 Å². The Balaban J connectivity index is 1.30. The smallest absolute Gasteiger partial charge is 0.204 e. The summed E-state index contributed by atoms with van der Waals surface area (Å²) < 4.78 is 0. The van der Waals surface area contributed by atoms with Crippen LogP contribution in [0.3, 0.4) is 0 Å². The van der Waals surface area contributed by atoms with Gasteiger partial charge in [-0.1, -0.05) is 91.6 Å². The van der Waals surface area contributed by atoms with Crippen LogP contribution in [0.2, 0.25) is 0 Å². The van der Waals surface area contributed by atoms with Crippen molar-refractivity contribution in [2.45, 2.75) is 38.5 Å². The van der Waals surface area contributed by atoms with E-state index < -0.39 is 34.7 Å². The molecule has 4 N–H and O–H groups in total. The summed E-state index contributed by atoms with van der Waals surface area (Å²) in [5, 5.41) is 55.3. The van der Waals surface area contributed by atoms with E-state index in [1.54, 1.807) is 0 Å². The molecule has 214 valence electrons. The van der Waals surface area contributed by atoms with Crippen LogP contribution in [-0.2, 0) is 12.8 Å². The molecule has 0 aromatic heterocycles. The third-order valence-corrected chi connectivity index (χ3v) is 9.81. The first-order chi connectivity index (χ1) is 20.8. The summed E-state index contributed by atoms with van der Waals surface area (Å²) in [6.45, 7) is 2.24. The molecule has 43 heavy (non-hydrogen) atoms. The number of hydrogen-bond acceptors (Lipinski definition) is 5. The van der Waals surface area contributed by atoms with Gasteiger partial charge in [-0.25, -0.2) is 0 Å². The Morgan fingerprint density at radius 1 is 0.791 bits per heavy atom. The third-order valence-electron chi connectivity index (χ3n) is 9.81. The minimum Gasteiger partial charge on any atom is -0.870 e. The van der Waals surface area contributed by atoms with Gasteiger partial charge >= 0.3 is 0 Å². The molecule has 0 radical (unpaired) electrons. The van der Waals surface area contributed by atoms with Crippen LogP contribution in [-0.4, -0.2) is 20.4 Å². The van der Waals surface area contributed by atoms with Gasteiger partial charge in [-0.2, -0.15) is 0 Å². The zero-order valence-electron chi connectivity index (χ0n) is 23.8. The van der Waals surface area contributed by atoms with Gasteiger partial charge < -0.3 is 25.5 Å². The number of benzene rings is 4. The van der Waals surface area contributed by atoms with Gasteiger partial charge in [-0.15, -0.1) is 0 Å². The number of allylic oxidation sites excluding steroid dienone is 4. The highest BCUT2D eigenvalue weighted by molar-refractivity contribution is 5.93. The molecule has 3 atom stereocenters. The molecule has 0 fully saturated rings. The summed E-state index contributed by atoms with van der Waals surface area (Å²) in [4.78, 5) is 0. The average Bonchev–Trinajstić information content (AvgIpc) is 3.83. The fraction of sp³-hybridized carbons (Fsp3) is 0.211. The fourth-order valence-corrected chi connectivity index (χ4v) is 7.68. The van der Waals surface area contributed by atoms with E-state index >= 15 is 0 Å². The van der Waals surface area contributed by atoms with Crippen molar-refractivity contribution in [3.8, 4) is 39.9 Å². The number of hydrogen-bond donors (Lipinski definition) is 4. The van der Waals surface area contributed by atoms with Crippen molar-refractivity contribution >= 4 is 11.6 Å². The molecule has 4 aliphatic carbocycles. The topological polar surface area (TPSA) is 104 Å². The molecule has 0 spiro atoms. The molecular weight excluding hydrogens is 536 g/mol. The van der Waals surface area contributed by atoms with E-state index in [0.717, 1.165) is 59.1 Å². The lowest BCUT2D eigenvalue weighted by Gasteiger charge is -2.40. The van der Waals surface area contributed by atoms with E-state index in [-0.39, 0.29) is 11.5 Å². The molecule has 0 saturated heterocycles. The van der Waals surface area contributed by atoms with Gasteiger partial charge in [-0.05, 0) is 98.7 Å². The molecule has 0 saturated carbocycles. The van der Waals surface area contributed by atoms with E-state index in [1.165, 1.54) is 27.8 Å². The van der Waals surface area contributed by atoms with Crippen molar-refractivity contribution in [1.82, 2.24) is 0 Å². The summed E-state index contributed by atoms with van der Waals surface area (Å²) in [7, 11) is 0. The lowest BCUT2D eigenvalue weighted by Crippen LogP contribution is -2.25. The number of rotatable bonds is 3. The van der Waals surface area contributed by atoms with Crippen molar-refractivity contribution in [1.29, 1.82) is 0 Å². The van der Waals surface area contributed by atoms with Gasteiger partial charge in [-0.3, -0.25) is 0 Å². The zero-order chi connectivity index (χ0) is 29.6. The normalized spacial score (nSPS) is 21.2. The largest absolute Gasteiger partial charge is 0.870 e. The first-order valence-electron chi connectivity index (χ1n) is 15.0. The molecule has 5 heteroatoms. The highest BCUT2D eigenvalue weighted by atomic mass is 16.4. The quantitative estimate of drug-likeness (QED) is 0.136. The summed E-state index contributed by atoms with van der Waals surface area (Å²) in [5.41, 5.74) is 12.7. The van der Waals surface area contributed by atoms with Gasteiger partial charge in [0.05, 0.1) is 0 Å². The molecule has 0 heterocycles. The Hall–Kier alpha value is -4.90. The molecule has 4 aromatic carbocycles. The summed E-state index contributed by atoms with van der Waals surface area (Å²) in [6, 6.07) is 19.4. The number of phenols is 4. The Morgan fingerprint density at radius 2 is 1.56 bits per heavy atom. The maximum atomic E-state index is 13.4. The highest BCUT2D eigenvalue weighted by Gasteiger charge is 2.42. The van der Waals surface area contributed by atoms with E-state index in [4.69, 9.17) is 0 Å². The maximum Gasteiger partial charge on any atom is 0.204 e. The second-order valence-corrected chi connectivity index (χ2v) is 12.4. The second-order valence-electron chi connectivity index (χ2n) is 12.4. The number of phenolic OH excluding ortho intramolecular Hbond substituents is 4. The summed E-state index contributed by atoms with van der Waals surface area (Å²) in [6.07, 6.45) is 12.3. The fourth-order valence-electron chi connectivity index (χ4n) is 7.68. The zero-order valence-corrected chi connectivity index (χ0v) is 23.8. The van der Waals surface area contributed by atoms with Gasteiger partial charge in [0.2, 0.25) is 11.5 Å². The van der Waals surface area contributed by atoms with Crippen LogP contribution in [0.1, 0.15) is 70.2 Å². The van der Waals surface area contributed by atoms with E-state index in [1.807, 2.05) is 6.07 Å². The highest BCUT2D eigenvalue weighted by Crippen LogP contribution is 2.60. The second kappa shape index (κ2) is 9.30. The minimum absolute atomic E-state index is 0.0712. The average molecular weight is 568 g/mol. The maximum absolute atomic E-state index is 13.4. The lowest BCUT2D eigenvalue weighted by atomic mass is 9.64. The SMILES string of the molecule is CC1C=Cc2c(cccc2-c2ccc(C3=C4C=CCCC4C(c4c([O-])c(O)c(O)c(O)c4O)c4ccc5c(c43)C5)cc2)C1. The molecule has 4 aromatic rings. The van der Waals surface area contributed by atoms with Crippen LogP contribution in [0.15, 0.2) is 78.4 Å². The molecule has 5 nitrogen and oxygen atoms in total. The van der Waals surface area contributed by atoms with Crippen molar-refractivity contribution < 1.29 is 25.5 Å². The van der Waals surface area contributed by atoms with Crippen molar-refractivity contribution in [2.24, 2.45) is 11.8 Å². The molecule has 8 rings (SSSR count). The van der Waals surface area contributed by atoms with E-state index in [0.29, 0.717) is 5.92 Å². The van der Waals surface area contributed by atoms with Crippen molar-refractivity contribution in [2.75, 3.05) is 0 Å². The third kappa shape index (κ3) is 3.77. The molecular formula is C38H31O5-. The monoisotopic (exact) mass is 567 g/mol. The predicted molar refractivity (Wildman–Crippen MR) is 165 cm³/mol. The molecule has 0 aliphatic heterocycles. The van der Waals surface area contributed by atoms with Gasteiger partial charge in [0.1, 0.15) is 0 Å². The lowest BCUT2D eigenvalue weighted by molar-refractivity contribution is -0.271. The van der Waals surface area contributed by atoms with Gasteiger partial charge in [0, 0.05) is 11.5 Å². The Bertz CT molecular complexity index is 1910. The minimum atomic E-state index is -0.993. The van der Waals surface area contributed by atoms with Gasteiger partial charge in [0.15, 0.2) is 11.5 Å². The summed E-state index contributed by atoms with van der Waals surface area (Å²) >= 11 is 0. The first kappa shape index (κ1) is 25.8. The van der Waals surface area contributed by atoms with Crippen molar-refractivity contribution in [3.05, 3.63) is 123 Å². The number of fused-ring (bicyclic) bond motifs is 5.